The number of aromatic nitrogens is 2. The zero-order valence-corrected chi connectivity index (χ0v) is 11.3. The molecule has 1 aromatic heterocycles. The van der Waals surface area contributed by atoms with Crippen LogP contribution in [0.25, 0.3) is 0 Å². The van der Waals surface area contributed by atoms with Gasteiger partial charge in [0.05, 0.1) is 0 Å². The molecule has 1 aliphatic rings. The third-order valence-corrected chi connectivity index (χ3v) is 3.32. The Kier molecular flexibility index (Phi) is 3.53. The highest BCUT2D eigenvalue weighted by Gasteiger charge is 2.27. The molecule has 104 valence electrons. The van der Waals surface area contributed by atoms with Crippen molar-refractivity contribution in [3.63, 3.8) is 0 Å². The minimum Gasteiger partial charge on any atom is -0.366 e. The second-order valence-electron chi connectivity index (χ2n) is 4.80. The predicted octanol–water partition coefficient (Wildman–Crippen LogP) is 3.90. The summed E-state index contributed by atoms with van der Waals surface area (Å²) in [5.74, 6) is 0.486. The van der Waals surface area contributed by atoms with Gasteiger partial charge in [-0.25, -0.2) is 18.7 Å². The van der Waals surface area contributed by atoms with Crippen molar-refractivity contribution < 1.29 is 8.78 Å². The maximum Gasteiger partial charge on any atom is 0.135 e. The molecule has 0 spiro atoms. The van der Waals surface area contributed by atoms with Crippen LogP contribution in [-0.2, 0) is 6.54 Å². The Morgan fingerprint density at radius 1 is 1.20 bits per heavy atom. The molecule has 0 radical (unpaired) electrons. The van der Waals surface area contributed by atoms with Gasteiger partial charge in [-0.05, 0) is 18.9 Å². The molecule has 1 heterocycles. The Balaban J connectivity index is 1.74. The Bertz CT molecular complexity index is 644. The number of hydrogen-bond acceptors (Lipinski definition) is 3. The van der Waals surface area contributed by atoms with Crippen LogP contribution in [0, 0.1) is 11.6 Å². The van der Waals surface area contributed by atoms with Crippen molar-refractivity contribution >= 4 is 17.4 Å². The van der Waals surface area contributed by atoms with Crippen LogP contribution in [0.5, 0.6) is 0 Å². The van der Waals surface area contributed by atoms with Gasteiger partial charge in [0.25, 0.3) is 0 Å². The quantitative estimate of drug-likeness (QED) is 0.869. The first-order chi connectivity index (χ1) is 9.61. The van der Waals surface area contributed by atoms with Crippen LogP contribution in [0.2, 0.25) is 5.15 Å². The van der Waals surface area contributed by atoms with Crippen LogP contribution in [0.3, 0.4) is 0 Å². The van der Waals surface area contributed by atoms with Crippen molar-refractivity contribution in [1.82, 2.24) is 9.97 Å². The maximum atomic E-state index is 13.5. The maximum absolute atomic E-state index is 13.5. The molecule has 3 nitrogen and oxygen atoms in total. The fourth-order valence-corrected chi connectivity index (χ4v) is 2.09. The number of benzene rings is 1. The summed E-state index contributed by atoms with van der Waals surface area (Å²) in [5, 5.41) is 3.35. The van der Waals surface area contributed by atoms with Crippen molar-refractivity contribution in [1.29, 1.82) is 0 Å². The predicted molar refractivity (Wildman–Crippen MR) is 72.7 cm³/mol. The van der Waals surface area contributed by atoms with Crippen LogP contribution in [0.4, 0.5) is 14.6 Å². The molecule has 20 heavy (non-hydrogen) atoms. The highest BCUT2D eigenvalue weighted by atomic mass is 35.5. The van der Waals surface area contributed by atoms with Gasteiger partial charge in [-0.15, -0.1) is 0 Å². The summed E-state index contributed by atoms with van der Waals surface area (Å²) in [4.78, 5) is 8.53. The lowest BCUT2D eigenvalue weighted by Gasteiger charge is -2.08. The number of rotatable bonds is 4. The van der Waals surface area contributed by atoms with E-state index in [1.54, 1.807) is 6.07 Å². The molecule has 0 saturated heterocycles. The number of halogens is 3. The number of hydrogen-bond donors (Lipinski definition) is 1. The first-order valence-electron chi connectivity index (χ1n) is 6.34. The molecule has 1 saturated carbocycles. The fraction of sp³-hybridized carbons (Fsp3) is 0.286. The summed E-state index contributed by atoms with van der Waals surface area (Å²) < 4.78 is 26.3. The van der Waals surface area contributed by atoms with E-state index in [0.717, 1.165) is 24.7 Å². The minimum absolute atomic E-state index is 0.212. The van der Waals surface area contributed by atoms with Crippen LogP contribution < -0.4 is 5.32 Å². The van der Waals surface area contributed by atoms with Crippen molar-refractivity contribution in [3.8, 4) is 0 Å². The van der Waals surface area contributed by atoms with Gasteiger partial charge in [0, 0.05) is 30.2 Å². The Hall–Kier alpha value is -1.75. The lowest BCUT2D eigenvalue weighted by atomic mass is 10.2. The van der Waals surface area contributed by atoms with Crippen molar-refractivity contribution in [2.75, 3.05) is 5.32 Å². The Morgan fingerprint density at radius 2 is 2.00 bits per heavy atom. The van der Waals surface area contributed by atoms with E-state index in [4.69, 9.17) is 11.6 Å². The molecular formula is C14H12ClF2N3. The molecule has 0 atom stereocenters. The van der Waals surface area contributed by atoms with Gasteiger partial charge in [0.2, 0.25) is 0 Å². The lowest BCUT2D eigenvalue weighted by Crippen LogP contribution is -2.06. The van der Waals surface area contributed by atoms with E-state index in [0.29, 0.717) is 22.5 Å². The van der Waals surface area contributed by atoms with Crippen LogP contribution in [0.1, 0.15) is 30.1 Å². The molecule has 0 aliphatic heterocycles. The first-order valence-corrected chi connectivity index (χ1v) is 6.72. The average molecular weight is 296 g/mol. The number of nitrogens with zero attached hydrogens (tertiary/aromatic N) is 2. The van der Waals surface area contributed by atoms with Gasteiger partial charge in [-0.2, -0.15) is 0 Å². The van der Waals surface area contributed by atoms with Gasteiger partial charge >= 0.3 is 0 Å². The highest BCUT2D eigenvalue weighted by Crippen LogP contribution is 2.38. The summed E-state index contributed by atoms with van der Waals surface area (Å²) in [6.07, 6.45) is 2.15. The molecule has 6 heteroatoms. The third kappa shape index (κ3) is 3.04. The van der Waals surface area contributed by atoms with E-state index < -0.39 is 11.6 Å². The number of nitrogens with one attached hydrogen (secondary N) is 1. The van der Waals surface area contributed by atoms with Crippen LogP contribution in [-0.4, -0.2) is 9.97 Å². The zero-order chi connectivity index (χ0) is 14.1. The second-order valence-corrected chi connectivity index (χ2v) is 5.18. The summed E-state index contributed by atoms with van der Waals surface area (Å²) >= 11 is 5.94. The Morgan fingerprint density at radius 3 is 2.70 bits per heavy atom. The molecule has 1 aromatic carbocycles. The first kappa shape index (κ1) is 13.2. The minimum atomic E-state index is -0.590. The smallest absolute Gasteiger partial charge is 0.135 e. The van der Waals surface area contributed by atoms with Crippen molar-refractivity contribution in [3.05, 3.63) is 52.4 Å². The standard InChI is InChI=1S/C14H12ClF2N3/c15-12-6-13(20-14(19-12)8-1-2-8)18-7-9-3-4-10(16)5-11(9)17/h3-6,8H,1-2,7H2,(H,18,19,20). The molecule has 1 N–H and O–H groups in total. The second kappa shape index (κ2) is 5.32. The summed E-state index contributed by atoms with van der Waals surface area (Å²) in [5.41, 5.74) is 0.370. The molecular weight excluding hydrogens is 284 g/mol. The molecule has 2 aromatic rings. The zero-order valence-electron chi connectivity index (χ0n) is 10.5. The van der Waals surface area contributed by atoms with Crippen molar-refractivity contribution in [2.24, 2.45) is 0 Å². The topological polar surface area (TPSA) is 37.8 Å². The van der Waals surface area contributed by atoms with E-state index in [1.807, 2.05) is 0 Å². The monoisotopic (exact) mass is 295 g/mol. The van der Waals surface area contributed by atoms with Gasteiger partial charge < -0.3 is 5.32 Å². The average Bonchev–Trinajstić information content (AvgIpc) is 3.21. The van der Waals surface area contributed by atoms with E-state index >= 15 is 0 Å². The van der Waals surface area contributed by atoms with Gasteiger partial charge in [0.1, 0.15) is 28.4 Å². The lowest BCUT2D eigenvalue weighted by molar-refractivity contribution is 0.574. The normalized spacial score (nSPS) is 14.3. The van der Waals surface area contributed by atoms with E-state index in [1.165, 1.54) is 12.1 Å². The fourth-order valence-electron chi connectivity index (χ4n) is 1.90. The SMILES string of the molecule is Fc1ccc(CNc2cc(Cl)nc(C3CC3)n2)c(F)c1. The van der Waals surface area contributed by atoms with Gasteiger partial charge in [-0.1, -0.05) is 17.7 Å². The van der Waals surface area contributed by atoms with E-state index in [2.05, 4.69) is 15.3 Å². The number of anilines is 1. The molecule has 0 bridgehead atoms. The van der Waals surface area contributed by atoms with Crippen molar-refractivity contribution in [2.45, 2.75) is 25.3 Å². The summed E-state index contributed by atoms with van der Waals surface area (Å²) in [7, 11) is 0. The molecule has 3 rings (SSSR count). The molecule has 0 unspecified atom stereocenters. The Labute approximate surface area is 120 Å². The summed E-state index contributed by atoms with van der Waals surface area (Å²) in [6, 6.07) is 5.08. The summed E-state index contributed by atoms with van der Waals surface area (Å²) in [6.45, 7) is 0.212. The van der Waals surface area contributed by atoms with Gasteiger partial charge in [-0.3, -0.25) is 0 Å². The van der Waals surface area contributed by atoms with Crippen LogP contribution >= 0.6 is 11.6 Å². The molecule has 0 amide bonds. The van der Waals surface area contributed by atoms with Gasteiger partial charge in [0.15, 0.2) is 0 Å². The molecule has 1 aliphatic carbocycles. The third-order valence-electron chi connectivity index (χ3n) is 3.13. The highest BCUT2D eigenvalue weighted by molar-refractivity contribution is 6.29. The molecule has 1 fully saturated rings. The van der Waals surface area contributed by atoms with E-state index in [-0.39, 0.29) is 6.54 Å². The largest absolute Gasteiger partial charge is 0.366 e. The van der Waals surface area contributed by atoms with Crippen LogP contribution in [0.15, 0.2) is 24.3 Å². The van der Waals surface area contributed by atoms with E-state index in [9.17, 15) is 8.78 Å².